The molecule has 0 aromatic carbocycles. The average molecular weight is 276 g/mol. The number of nitrogens with one attached hydrogen (secondary N) is 1. The Kier molecular flexibility index (Phi) is 3.73. The highest BCUT2D eigenvalue weighted by molar-refractivity contribution is 5.95. The van der Waals surface area contributed by atoms with Gasteiger partial charge in [0.05, 0.1) is 0 Å². The molecule has 4 N–H and O–H groups in total. The van der Waals surface area contributed by atoms with Gasteiger partial charge in [0.15, 0.2) is 5.84 Å². The van der Waals surface area contributed by atoms with Crippen LogP contribution in [0.15, 0.2) is 23.5 Å². The van der Waals surface area contributed by atoms with Crippen molar-refractivity contribution in [2.24, 2.45) is 27.6 Å². The predicted molar refractivity (Wildman–Crippen MR) is 79.5 cm³/mol. The third kappa shape index (κ3) is 2.50. The van der Waals surface area contributed by atoms with Crippen LogP contribution in [-0.2, 0) is 6.54 Å². The Bertz CT molecular complexity index is 508. The zero-order chi connectivity index (χ0) is 15.0. The molecular formula is C15H24N4O. The van der Waals surface area contributed by atoms with Crippen molar-refractivity contribution in [2.45, 2.75) is 34.2 Å². The zero-order valence-electron chi connectivity index (χ0n) is 12.6. The molecule has 5 heteroatoms. The summed E-state index contributed by atoms with van der Waals surface area (Å²) in [6, 6.07) is 3.77. The first-order chi connectivity index (χ1) is 9.30. The van der Waals surface area contributed by atoms with Gasteiger partial charge in [-0.15, -0.1) is 0 Å². The quantitative estimate of drug-likeness (QED) is 0.332. The third-order valence-electron chi connectivity index (χ3n) is 5.19. The van der Waals surface area contributed by atoms with Crippen molar-refractivity contribution < 1.29 is 5.21 Å². The van der Waals surface area contributed by atoms with Crippen molar-refractivity contribution in [3.05, 3.63) is 29.6 Å². The minimum Gasteiger partial charge on any atom is -0.409 e. The Labute approximate surface area is 120 Å². The minimum absolute atomic E-state index is 0.0382. The van der Waals surface area contributed by atoms with Gasteiger partial charge < -0.3 is 16.3 Å². The van der Waals surface area contributed by atoms with Crippen molar-refractivity contribution in [1.29, 1.82) is 0 Å². The molecule has 1 heterocycles. The maximum absolute atomic E-state index is 8.66. The van der Waals surface area contributed by atoms with Gasteiger partial charge in [-0.25, -0.2) is 0 Å². The lowest BCUT2D eigenvalue weighted by atomic mass is 10.0. The molecule has 20 heavy (non-hydrogen) atoms. The van der Waals surface area contributed by atoms with Gasteiger partial charge in [-0.1, -0.05) is 32.9 Å². The summed E-state index contributed by atoms with van der Waals surface area (Å²) in [7, 11) is 0. The van der Waals surface area contributed by atoms with Crippen LogP contribution in [-0.4, -0.2) is 22.6 Å². The van der Waals surface area contributed by atoms with Crippen molar-refractivity contribution in [2.75, 3.05) is 6.54 Å². The maximum Gasteiger partial charge on any atom is 0.188 e. The van der Waals surface area contributed by atoms with Gasteiger partial charge in [-0.2, -0.15) is 0 Å². The first-order valence-electron chi connectivity index (χ1n) is 6.94. The minimum atomic E-state index is 0.0382. The number of amidine groups is 1. The van der Waals surface area contributed by atoms with Gasteiger partial charge >= 0.3 is 0 Å². The average Bonchev–Trinajstić information content (AvgIpc) is 2.80. The van der Waals surface area contributed by atoms with E-state index in [2.05, 4.69) is 43.2 Å². The molecule has 0 radical (unpaired) electrons. The Balaban J connectivity index is 1.90. The first-order valence-corrected chi connectivity index (χ1v) is 6.94. The number of rotatable bonds is 5. The molecule has 0 unspecified atom stereocenters. The largest absolute Gasteiger partial charge is 0.409 e. The number of aromatic nitrogens is 1. The van der Waals surface area contributed by atoms with Crippen molar-refractivity contribution >= 4 is 5.84 Å². The number of hydrogen-bond acceptors (Lipinski definition) is 4. The van der Waals surface area contributed by atoms with Gasteiger partial charge in [0.1, 0.15) is 5.69 Å². The molecule has 1 aromatic heterocycles. The summed E-state index contributed by atoms with van der Waals surface area (Å²) in [6.07, 6.45) is 1.68. The van der Waals surface area contributed by atoms with E-state index < -0.39 is 0 Å². The lowest BCUT2D eigenvalue weighted by Crippen LogP contribution is -2.20. The van der Waals surface area contributed by atoms with Crippen LogP contribution in [0.5, 0.6) is 0 Å². The molecule has 0 atom stereocenters. The van der Waals surface area contributed by atoms with Crippen molar-refractivity contribution in [3.63, 3.8) is 0 Å². The molecule has 1 saturated carbocycles. The molecule has 1 fully saturated rings. The van der Waals surface area contributed by atoms with E-state index in [1.807, 2.05) is 12.1 Å². The van der Waals surface area contributed by atoms with Crippen LogP contribution in [0.4, 0.5) is 0 Å². The number of pyridine rings is 1. The van der Waals surface area contributed by atoms with E-state index in [9.17, 15) is 0 Å². The standard InChI is InChI=1S/C15H24N4O/c1-14(2)12(15(14,3)4)9-17-8-10-5-6-18-11(7-10)13(16)19-20/h5-7,12,17,20H,8-9H2,1-4H3,(H2,16,19). The van der Waals surface area contributed by atoms with Gasteiger partial charge in [0.2, 0.25) is 0 Å². The lowest BCUT2D eigenvalue weighted by Gasteiger charge is -2.07. The normalized spacial score (nSPS) is 20.9. The molecule has 0 spiro atoms. The summed E-state index contributed by atoms with van der Waals surface area (Å²) in [5, 5.41) is 15.1. The van der Waals surface area contributed by atoms with Gasteiger partial charge in [-0.05, 0) is 41.0 Å². The van der Waals surface area contributed by atoms with Gasteiger partial charge in [0.25, 0.3) is 0 Å². The van der Waals surface area contributed by atoms with Crippen LogP contribution < -0.4 is 11.1 Å². The molecule has 0 aliphatic heterocycles. The van der Waals surface area contributed by atoms with Crippen LogP contribution in [0, 0.1) is 16.7 Å². The Morgan fingerprint density at radius 2 is 2.05 bits per heavy atom. The van der Waals surface area contributed by atoms with Crippen molar-refractivity contribution in [3.8, 4) is 0 Å². The molecule has 2 rings (SSSR count). The fourth-order valence-corrected chi connectivity index (χ4v) is 2.98. The SMILES string of the molecule is CC1(C)C(CNCc2ccnc(C(N)=NO)c2)C1(C)C. The highest BCUT2D eigenvalue weighted by Crippen LogP contribution is 2.67. The molecular weight excluding hydrogens is 252 g/mol. The Morgan fingerprint density at radius 1 is 1.40 bits per heavy atom. The van der Waals surface area contributed by atoms with E-state index in [-0.39, 0.29) is 5.84 Å². The Hall–Kier alpha value is -1.62. The van der Waals surface area contributed by atoms with E-state index in [0.717, 1.165) is 18.7 Å². The summed E-state index contributed by atoms with van der Waals surface area (Å²) in [5.41, 5.74) is 7.92. The molecule has 110 valence electrons. The summed E-state index contributed by atoms with van der Waals surface area (Å²) < 4.78 is 0. The number of nitrogens with zero attached hydrogens (tertiary/aromatic N) is 2. The van der Waals surface area contributed by atoms with Gasteiger partial charge in [0, 0.05) is 12.7 Å². The van der Waals surface area contributed by atoms with Crippen LogP contribution in [0.2, 0.25) is 0 Å². The first kappa shape index (κ1) is 14.8. The molecule has 0 amide bonds. The topological polar surface area (TPSA) is 83.5 Å². The van der Waals surface area contributed by atoms with Crippen molar-refractivity contribution in [1.82, 2.24) is 10.3 Å². The molecule has 1 aliphatic carbocycles. The van der Waals surface area contributed by atoms with E-state index in [0.29, 0.717) is 22.4 Å². The second kappa shape index (κ2) is 5.05. The molecule has 0 bridgehead atoms. The van der Waals surface area contributed by atoms with E-state index >= 15 is 0 Å². The molecule has 5 nitrogen and oxygen atoms in total. The van der Waals surface area contributed by atoms with Crippen LogP contribution >= 0.6 is 0 Å². The summed E-state index contributed by atoms with van der Waals surface area (Å²) in [4.78, 5) is 4.07. The lowest BCUT2D eigenvalue weighted by molar-refractivity contribution is 0.318. The van der Waals surface area contributed by atoms with E-state index in [1.54, 1.807) is 6.20 Å². The highest BCUT2D eigenvalue weighted by Gasteiger charge is 2.63. The summed E-state index contributed by atoms with van der Waals surface area (Å²) in [6.45, 7) is 11.0. The van der Waals surface area contributed by atoms with Gasteiger partial charge in [-0.3, -0.25) is 4.98 Å². The van der Waals surface area contributed by atoms with Crippen LogP contribution in [0.1, 0.15) is 39.0 Å². The van der Waals surface area contributed by atoms with Crippen LogP contribution in [0.3, 0.4) is 0 Å². The fourth-order valence-electron chi connectivity index (χ4n) is 2.98. The second-order valence-electron chi connectivity index (χ2n) is 6.66. The summed E-state index contributed by atoms with van der Waals surface area (Å²) >= 11 is 0. The molecule has 1 aliphatic rings. The molecule has 1 aromatic rings. The zero-order valence-corrected chi connectivity index (χ0v) is 12.6. The number of nitrogens with two attached hydrogens (primary N) is 1. The number of hydrogen-bond donors (Lipinski definition) is 3. The summed E-state index contributed by atoms with van der Waals surface area (Å²) in [5.74, 6) is 0.733. The predicted octanol–water partition coefficient (Wildman–Crippen LogP) is 1.95. The number of oxime groups is 1. The smallest absolute Gasteiger partial charge is 0.188 e. The van der Waals surface area contributed by atoms with Crippen LogP contribution in [0.25, 0.3) is 0 Å². The highest BCUT2D eigenvalue weighted by atomic mass is 16.4. The molecule has 0 saturated heterocycles. The third-order valence-corrected chi connectivity index (χ3v) is 5.19. The Morgan fingerprint density at radius 3 is 2.60 bits per heavy atom. The monoisotopic (exact) mass is 276 g/mol. The maximum atomic E-state index is 8.66. The van der Waals surface area contributed by atoms with E-state index in [4.69, 9.17) is 10.9 Å². The fraction of sp³-hybridized carbons (Fsp3) is 0.600. The van der Waals surface area contributed by atoms with E-state index in [1.165, 1.54) is 0 Å². The second-order valence-corrected chi connectivity index (χ2v) is 6.66.